The minimum atomic E-state index is 0.0380. The second kappa shape index (κ2) is 10.8. The summed E-state index contributed by atoms with van der Waals surface area (Å²) in [7, 11) is 0. The molecule has 1 aliphatic heterocycles. The third-order valence-electron chi connectivity index (χ3n) is 7.03. The largest absolute Gasteiger partial charge is 0.382 e. The number of nitrogens with two attached hydrogens (primary N) is 1. The zero-order chi connectivity index (χ0) is 25.9. The van der Waals surface area contributed by atoms with E-state index in [2.05, 4.69) is 32.7 Å². The summed E-state index contributed by atoms with van der Waals surface area (Å²) in [4.78, 5) is 30.6. The van der Waals surface area contributed by atoms with E-state index in [0.29, 0.717) is 24.5 Å². The van der Waals surface area contributed by atoms with E-state index in [0.717, 1.165) is 72.6 Å². The lowest BCUT2D eigenvalue weighted by molar-refractivity contribution is -0.136. The Balaban J connectivity index is 1.46. The second-order valence-electron chi connectivity index (χ2n) is 9.81. The molecule has 9 heteroatoms. The average Bonchev–Trinajstić information content (AvgIpc) is 3.30. The smallest absolute Gasteiger partial charge is 0.225 e. The standard InChI is InChI=1S/C28H35N7O2/c1-4-37-18-24-32-25-26(35(24)15-12-33-10-13-34(14-11-33)28(36)19(2)3)22-8-7-20(16-23(22)31-27(25)29)21-6-5-9-30-17-21/h5-9,16-17,19H,4,10-15,18H2,1-3H3,(H2,29,31). The zero-order valence-electron chi connectivity index (χ0n) is 21.9. The van der Waals surface area contributed by atoms with Crippen LogP contribution < -0.4 is 5.73 Å². The number of carbonyl (C=O) groups excluding carboxylic acids is 1. The van der Waals surface area contributed by atoms with Crippen LogP contribution in [0, 0.1) is 5.92 Å². The van der Waals surface area contributed by atoms with Crippen molar-refractivity contribution in [3.05, 3.63) is 48.5 Å². The van der Waals surface area contributed by atoms with Crippen LogP contribution in [0.4, 0.5) is 5.82 Å². The van der Waals surface area contributed by atoms with Crippen molar-refractivity contribution in [1.82, 2.24) is 29.3 Å². The van der Waals surface area contributed by atoms with Gasteiger partial charge in [0, 0.05) is 75.1 Å². The van der Waals surface area contributed by atoms with Gasteiger partial charge in [-0.1, -0.05) is 32.0 Å². The number of benzene rings is 1. The van der Waals surface area contributed by atoms with E-state index in [9.17, 15) is 4.79 Å². The Bertz CT molecular complexity index is 1390. The van der Waals surface area contributed by atoms with E-state index in [1.165, 1.54) is 0 Å². The molecule has 4 aromatic rings. The predicted octanol–water partition coefficient (Wildman–Crippen LogP) is 3.57. The van der Waals surface area contributed by atoms with Gasteiger partial charge in [0.1, 0.15) is 17.9 Å². The van der Waals surface area contributed by atoms with Crippen molar-refractivity contribution in [3.63, 3.8) is 0 Å². The van der Waals surface area contributed by atoms with Crippen LogP contribution in [-0.2, 0) is 22.7 Å². The van der Waals surface area contributed by atoms with Crippen LogP contribution in [0.3, 0.4) is 0 Å². The second-order valence-corrected chi connectivity index (χ2v) is 9.81. The van der Waals surface area contributed by atoms with Gasteiger partial charge in [-0.15, -0.1) is 0 Å². The molecule has 1 aromatic carbocycles. The van der Waals surface area contributed by atoms with Crippen molar-refractivity contribution in [2.24, 2.45) is 5.92 Å². The van der Waals surface area contributed by atoms with Gasteiger partial charge in [0.25, 0.3) is 0 Å². The van der Waals surface area contributed by atoms with Crippen LogP contribution in [0.15, 0.2) is 42.7 Å². The summed E-state index contributed by atoms with van der Waals surface area (Å²) in [6, 6.07) is 10.2. The molecular formula is C28H35N7O2. The van der Waals surface area contributed by atoms with E-state index >= 15 is 0 Å². The summed E-state index contributed by atoms with van der Waals surface area (Å²) in [6.45, 7) is 11.8. The van der Waals surface area contributed by atoms with Gasteiger partial charge in [-0.2, -0.15) is 0 Å². The average molecular weight is 502 g/mol. The first-order valence-corrected chi connectivity index (χ1v) is 13.0. The number of aromatic nitrogens is 4. The fraction of sp³-hybridized carbons (Fsp3) is 0.429. The molecule has 3 aromatic heterocycles. The molecule has 1 fully saturated rings. The highest BCUT2D eigenvalue weighted by molar-refractivity contribution is 6.07. The third-order valence-corrected chi connectivity index (χ3v) is 7.03. The maximum absolute atomic E-state index is 12.4. The number of hydrogen-bond acceptors (Lipinski definition) is 7. The topological polar surface area (TPSA) is 102 Å². The Morgan fingerprint density at radius 2 is 1.89 bits per heavy atom. The van der Waals surface area contributed by atoms with Crippen molar-refractivity contribution in [3.8, 4) is 11.1 Å². The lowest BCUT2D eigenvalue weighted by atomic mass is 10.0. The predicted molar refractivity (Wildman–Crippen MR) is 146 cm³/mol. The van der Waals surface area contributed by atoms with Crippen molar-refractivity contribution >= 4 is 33.7 Å². The first kappa shape index (κ1) is 25.1. The lowest BCUT2D eigenvalue weighted by Gasteiger charge is -2.35. The van der Waals surface area contributed by atoms with Crippen LogP contribution in [0.2, 0.25) is 0 Å². The van der Waals surface area contributed by atoms with E-state index in [-0.39, 0.29) is 11.8 Å². The Labute approximate surface area is 217 Å². The van der Waals surface area contributed by atoms with Gasteiger partial charge in [0.15, 0.2) is 5.82 Å². The molecule has 9 nitrogen and oxygen atoms in total. The van der Waals surface area contributed by atoms with Crippen LogP contribution >= 0.6 is 0 Å². The molecule has 0 atom stereocenters. The number of carbonyl (C=O) groups is 1. The number of imidazole rings is 1. The number of ether oxygens (including phenoxy) is 1. The van der Waals surface area contributed by atoms with Gasteiger partial charge in [-0.05, 0) is 24.6 Å². The number of piperazine rings is 1. The van der Waals surface area contributed by atoms with Gasteiger partial charge in [0.05, 0.1) is 11.0 Å². The minimum absolute atomic E-state index is 0.0380. The molecule has 4 heterocycles. The summed E-state index contributed by atoms with van der Waals surface area (Å²) in [6.07, 6.45) is 3.62. The van der Waals surface area contributed by atoms with Crippen molar-refractivity contribution in [2.45, 2.75) is 33.9 Å². The maximum atomic E-state index is 12.4. The summed E-state index contributed by atoms with van der Waals surface area (Å²) in [5, 5.41) is 1.01. The molecule has 1 amide bonds. The van der Waals surface area contributed by atoms with E-state index in [4.69, 9.17) is 20.4 Å². The van der Waals surface area contributed by atoms with Gasteiger partial charge in [-0.3, -0.25) is 14.7 Å². The molecule has 2 N–H and O–H groups in total. The van der Waals surface area contributed by atoms with E-state index in [1.54, 1.807) is 6.20 Å². The summed E-state index contributed by atoms with van der Waals surface area (Å²) < 4.78 is 8.00. The number of hydrogen-bond donors (Lipinski definition) is 1. The number of fused-ring (bicyclic) bond motifs is 3. The highest BCUT2D eigenvalue weighted by atomic mass is 16.5. The Hall–Kier alpha value is -3.56. The summed E-state index contributed by atoms with van der Waals surface area (Å²) in [5.41, 5.74) is 11.0. The lowest BCUT2D eigenvalue weighted by Crippen LogP contribution is -2.50. The molecule has 1 saturated heterocycles. The van der Waals surface area contributed by atoms with Crippen molar-refractivity contribution < 1.29 is 9.53 Å². The van der Waals surface area contributed by atoms with Gasteiger partial charge in [-0.25, -0.2) is 9.97 Å². The molecule has 1 aliphatic rings. The molecule has 0 saturated carbocycles. The normalized spacial score (nSPS) is 14.8. The Kier molecular flexibility index (Phi) is 7.34. The molecule has 0 aliphatic carbocycles. The molecule has 0 unspecified atom stereocenters. The first-order valence-electron chi connectivity index (χ1n) is 13.0. The van der Waals surface area contributed by atoms with Crippen LogP contribution in [0.5, 0.6) is 0 Å². The highest BCUT2D eigenvalue weighted by Gasteiger charge is 2.24. The fourth-order valence-corrected chi connectivity index (χ4v) is 5.01. The monoisotopic (exact) mass is 501 g/mol. The van der Waals surface area contributed by atoms with Gasteiger partial charge in [0.2, 0.25) is 5.91 Å². The summed E-state index contributed by atoms with van der Waals surface area (Å²) >= 11 is 0. The quantitative estimate of drug-likeness (QED) is 0.394. The van der Waals surface area contributed by atoms with Gasteiger partial charge >= 0.3 is 0 Å². The first-order chi connectivity index (χ1) is 18.0. The molecule has 37 heavy (non-hydrogen) atoms. The highest BCUT2D eigenvalue weighted by Crippen LogP contribution is 2.32. The minimum Gasteiger partial charge on any atom is -0.382 e. The Morgan fingerprint density at radius 1 is 1.08 bits per heavy atom. The van der Waals surface area contributed by atoms with Crippen LogP contribution in [0.25, 0.3) is 33.1 Å². The number of amides is 1. The van der Waals surface area contributed by atoms with Crippen LogP contribution in [-0.4, -0.2) is 74.6 Å². The van der Waals surface area contributed by atoms with Crippen molar-refractivity contribution in [2.75, 3.05) is 45.1 Å². The Morgan fingerprint density at radius 3 is 2.59 bits per heavy atom. The molecular weight excluding hydrogens is 466 g/mol. The van der Waals surface area contributed by atoms with E-state index < -0.39 is 0 Å². The summed E-state index contributed by atoms with van der Waals surface area (Å²) in [5.74, 6) is 1.54. The zero-order valence-corrected chi connectivity index (χ0v) is 21.9. The fourth-order valence-electron chi connectivity index (χ4n) is 5.01. The van der Waals surface area contributed by atoms with E-state index in [1.807, 2.05) is 44.0 Å². The third kappa shape index (κ3) is 5.14. The number of nitrogens with zero attached hydrogens (tertiary/aromatic N) is 6. The SMILES string of the molecule is CCOCc1nc2c(N)nc3cc(-c4cccnc4)ccc3c2n1CCN1CCN(C(=O)C(C)C)CC1. The molecule has 194 valence electrons. The van der Waals surface area contributed by atoms with Crippen LogP contribution in [0.1, 0.15) is 26.6 Å². The molecule has 0 spiro atoms. The van der Waals surface area contributed by atoms with Crippen molar-refractivity contribution in [1.29, 1.82) is 0 Å². The number of anilines is 1. The molecule has 5 rings (SSSR count). The number of nitrogen functional groups attached to an aromatic ring is 1. The maximum Gasteiger partial charge on any atom is 0.225 e. The van der Waals surface area contributed by atoms with Gasteiger partial charge < -0.3 is 19.9 Å². The molecule has 0 radical (unpaired) electrons. The number of pyridine rings is 2. The number of rotatable bonds is 8. The molecule has 0 bridgehead atoms.